The highest BCUT2D eigenvalue weighted by molar-refractivity contribution is 5.83. The van der Waals surface area contributed by atoms with Gasteiger partial charge >= 0.3 is 0 Å². The van der Waals surface area contributed by atoms with Gasteiger partial charge in [-0.25, -0.2) is 9.37 Å². The quantitative estimate of drug-likeness (QED) is 0.537. The molecule has 0 saturated carbocycles. The fourth-order valence-corrected chi connectivity index (χ4v) is 3.05. The highest BCUT2D eigenvalue weighted by Gasteiger charge is 2.20. The van der Waals surface area contributed by atoms with Crippen LogP contribution in [0.3, 0.4) is 0 Å². The average molecular weight is 368 g/mol. The van der Waals surface area contributed by atoms with E-state index in [1.165, 1.54) is 27.5 Å². The van der Waals surface area contributed by atoms with Crippen molar-refractivity contribution < 1.29 is 9.13 Å². The van der Waals surface area contributed by atoms with Gasteiger partial charge in [-0.3, -0.25) is 9.36 Å². The average Bonchev–Trinajstić information content (AvgIpc) is 3.03. The fraction of sp³-hybridized carbons (Fsp3) is 0.278. The second kappa shape index (κ2) is 6.84. The molecular weight excluding hydrogens is 351 g/mol. The Kier molecular flexibility index (Phi) is 4.36. The van der Waals surface area contributed by atoms with E-state index in [-0.39, 0.29) is 23.5 Å². The molecule has 8 nitrogen and oxygen atoms in total. The molecule has 0 saturated heterocycles. The molecule has 4 aromatic rings. The number of fused-ring (bicyclic) bond motifs is 3. The Balaban J connectivity index is 2.02. The number of hydrogen-bond donors (Lipinski definition) is 0. The molecule has 3 heterocycles. The standard InChI is InChI=1S/C18H17FN6O2/c1-3-8-24-10-20-17-15(18(24)26)21-22-16-14(11-4-6-12(19)7-5-11)13(9-27-2)23-25(16)17/h4-7,10H,3,8-9H2,1-2H3. The normalized spacial score (nSPS) is 11.5. The minimum atomic E-state index is -0.335. The monoisotopic (exact) mass is 368 g/mol. The second-order valence-corrected chi connectivity index (χ2v) is 6.11. The summed E-state index contributed by atoms with van der Waals surface area (Å²) in [6.07, 6.45) is 2.29. The smallest absolute Gasteiger partial charge is 0.283 e. The van der Waals surface area contributed by atoms with E-state index >= 15 is 0 Å². The Morgan fingerprint density at radius 2 is 1.93 bits per heavy atom. The summed E-state index contributed by atoms with van der Waals surface area (Å²) in [5.74, 6) is -0.335. The van der Waals surface area contributed by atoms with Crippen LogP contribution in [0.25, 0.3) is 27.9 Å². The minimum Gasteiger partial charge on any atom is -0.378 e. The van der Waals surface area contributed by atoms with Gasteiger partial charge in [-0.1, -0.05) is 19.1 Å². The van der Waals surface area contributed by atoms with Crippen molar-refractivity contribution in [3.05, 3.63) is 52.5 Å². The van der Waals surface area contributed by atoms with Crippen LogP contribution in [0, 0.1) is 5.82 Å². The molecule has 138 valence electrons. The van der Waals surface area contributed by atoms with Gasteiger partial charge in [0, 0.05) is 13.7 Å². The van der Waals surface area contributed by atoms with Crippen molar-refractivity contribution in [2.75, 3.05) is 7.11 Å². The van der Waals surface area contributed by atoms with Crippen LogP contribution < -0.4 is 5.56 Å². The fourth-order valence-electron chi connectivity index (χ4n) is 3.05. The molecule has 0 fully saturated rings. The maximum atomic E-state index is 13.3. The summed E-state index contributed by atoms with van der Waals surface area (Å²) in [5.41, 5.74) is 2.64. The van der Waals surface area contributed by atoms with Gasteiger partial charge in [0.05, 0.1) is 17.9 Å². The Bertz CT molecular complexity index is 1180. The lowest BCUT2D eigenvalue weighted by Gasteiger charge is -2.05. The van der Waals surface area contributed by atoms with E-state index in [0.29, 0.717) is 29.1 Å². The first-order valence-electron chi connectivity index (χ1n) is 8.52. The summed E-state index contributed by atoms with van der Waals surface area (Å²) in [6, 6.07) is 6.02. The van der Waals surface area contributed by atoms with Crippen molar-refractivity contribution in [2.24, 2.45) is 0 Å². The van der Waals surface area contributed by atoms with Crippen LogP contribution in [0.15, 0.2) is 35.4 Å². The maximum absolute atomic E-state index is 13.3. The Morgan fingerprint density at radius 3 is 2.63 bits per heavy atom. The van der Waals surface area contributed by atoms with Crippen LogP contribution in [-0.2, 0) is 17.9 Å². The predicted octanol–water partition coefficient (Wildman–Crippen LogP) is 2.20. The Labute approximate surface area is 153 Å². The molecule has 27 heavy (non-hydrogen) atoms. The third-order valence-corrected chi connectivity index (χ3v) is 4.25. The molecule has 0 aliphatic rings. The number of methoxy groups -OCH3 is 1. The summed E-state index contributed by atoms with van der Waals surface area (Å²) in [6.45, 7) is 2.76. The van der Waals surface area contributed by atoms with Gasteiger partial charge in [0.1, 0.15) is 12.1 Å². The predicted molar refractivity (Wildman–Crippen MR) is 96.7 cm³/mol. The largest absolute Gasteiger partial charge is 0.378 e. The molecular formula is C18H17FN6O2. The minimum absolute atomic E-state index is 0.149. The van der Waals surface area contributed by atoms with Crippen molar-refractivity contribution >= 4 is 16.8 Å². The van der Waals surface area contributed by atoms with Crippen molar-refractivity contribution in [3.8, 4) is 11.1 Å². The molecule has 0 bridgehead atoms. The van der Waals surface area contributed by atoms with Crippen molar-refractivity contribution in [1.82, 2.24) is 29.4 Å². The van der Waals surface area contributed by atoms with Crippen LogP contribution in [0.4, 0.5) is 4.39 Å². The van der Waals surface area contributed by atoms with Gasteiger partial charge in [0.2, 0.25) is 0 Å². The van der Waals surface area contributed by atoms with Crippen LogP contribution in [-0.4, -0.2) is 36.5 Å². The van der Waals surface area contributed by atoms with E-state index in [4.69, 9.17) is 4.74 Å². The lowest BCUT2D eigenvalue weighted by atomic mass is 10.1. The number of ether oxygens (including phenoxy) is 1. The molecule has 0 aliphatic heterocycles. The van der Waals surface area contributed by atoms with Gasteiger partial charge in [0.25, 0.3) is 5.56 Å². The molecule has 0 amide bonds. The summed E-state index contributed by atoms with van der Waals surface area (Å²) in [5, 5.41) is 12.9. The molecule has 9 heteroatoms. The Hall–Kier alpha value is -3.20. The van der Waals surface area contributed by atoms with Crippen LogP contribution >= 0.6 is 0 Å². The first kappa shape index (κ1) is 17.2. The summed E-state index contributed by atoms with van der Waals surface area (Å²) < 4.78 is 21.6. The number of rotatable bonds is 5. The van der Waals surface area contributed by atoms with E-state index < -0.39 is 0 Å². The number of hydrogen-bond acceptors (Lipinski definition) is 6. The van der Waals surface area contributed by atoms with Gasteiger partial charge in [0.15, 0.2) is 16.8 Å². The number of halogens is 1. The van der Waals surface area contributed by atoms with Gasteiger partial charge < -0.3 is 4.74 Å². The Morgan fingerprint density at radius 1 is 1.15 bits per heavy atom. The first-order valence-corrected chi connectivity index (χ1v) is 8.52. The number of aryl methyl sites for hydroxylation is 1. The first-order chi connectivity index (χ1) is 13.1. The maximum Gasteiger partial charge on any atom is 0.283 e. The van der Waals surface area contributed by atoms with E-state index in [0.717, 1.165) is 12.0 Å². The zero-order valence-electron chi connectivity index (χ0n) is 14.9. The van der Waals surface area contributed by atoms with Gasteiger partial charge in [-0.05, 0) is 24.1 Å². The SMILES string of the molecule is CCCn1cnc2c(nnc3c(-c4ccc(F)cc4)c(COC)nn32)c1=O. The summed E-state index contributed by atoms with van der Waals surface area (Å²) in [4.78, 5) is 17.0. The molecule has 0 radical (unpaired) electrons. The van der Waals surface area contributed by atoms with Crippen molar-refractivity contribution in [3.63, 3.8) is 0 Å². The molecule has 0 N–H and O–H groups in total. The lowest BCUT2D eigenvalue weighted by Crippen LogP contribution is -2.22. The second-order valence-electron chi connectivity index (χ2n) is 6.11. The number of benzene rings is 1. The van der Waals surface area contributed by atoms with Gasteiger partial charge in [-0.15, -0.1) is 10.2 Å². The third-order valence-electron chi connectivity index (χ3n) is 4.25. The number of nitrogens with zero attached hydrogens (tertiary/aromatic N) is 6. The topological polar surface area (TPSA) is 87.2 Å². The lowest BCUT2D eigenvalue weighted by molar-refractivity contribution is 0.181. The highest BCUT2D eigenvalue weighted by atomic mass is 19.1. The van der Waals surface area contributed by atoms with E-state index in [9.17, 15) is 9.18 Å². The highest BCUT2D eigenvalue weighted by Crippen LogP contribution is 2.28. The molecule has 0 aliphatic carbocycles. The zero-order valence-corrected chi connectivity index (χ0v) is 14.9. The molecule has 3 aromatic heterocycles. The zero-order chi connectivity index (χ0) is 19.0. The molecule has 0 unspecified atom stereocenters. The van der Waals surface area contributed by atoms with Crippen molar-refractivity contribution in [1.29, 1.82) is 0 Å². The van der Waals surface area contributed by atoms with Crippen LogP contribution in [0.5, 0.6) is 0 Å². The van der Waals surface area contributed by atoms with Gasteiger partial charge in [-0.2, -0.15) is 9.61 Å². The number of aromatic nitrogens is 6. The van der Waals surface area contributed by atoms with E-state index in [2.05, 4.69) is 20.3 Å². The van der Waals surface area contributed by atoms with E-state index in [1.807, 2.05) is 6.92 Å². The molecule has 0 atom stereocenters. The van der Waals surface area contributed by atoms with E-state index in [1.54, 1.807) is 19.2 Å². The van der Waals surface area contributed by atoms with Crippen LogP contribution in [0.1, 0.15) is 19.0 Å². The van der Waals surface area contributed by atoms with Crippen LogP contribution in [0.2, 0.25) is 0 Å². The molecule has 4 rings (SSSR count). The summed E-state index contributed by atoms with van der Waals surface area (Å²) in [7, 11) is 1.56. The molecule has 1 aromatic carbocycles. The third kappa shape index (κ3) is 2.85. The molecule has 0 spiro atoms. The van der Waals surface area contributed by atoms with Crippen molar-refractivity contribution in [2.45, 2.75) is 26.5 Å². The summed E-state index contributed by atoms with van der Waals surface area (Å²) >= 11 is 0.